The first-order valence-corrected chi connectivity index (χ1v) is 10.7. The normalized spacial score (nSPS) is 14.4. The minimum absolute atomic E-state index is 0.132. The quantitative estimate of drug-likeness (QED) is 0.589. The topological polar surface area (TPSA) is 66.9 Å². The van der Waals surface area contributed by atoms with Crippen LogP contribution in [0.2, 0.25) is 0 Å². The molecule has 1 amide bonds. The van der Waals surface area contributed by atoms with Crippen molar-refractivity contribution in [2.75, 3.05) is 5.32 Å². The summed E-state index contributed by atoms with van der Waals surface area (Å²) >= 11 is 0. The molecule has 0 bridgehead atoms. The van der Waals surface area contributed by atoms with Gasteiger partial charge in [0.25, 0.3) is 0 Å². The zero-order chi connectivity index (χ0) is 20.6. The van der Waals surface area contributed by atoms with Crippen LogP contribution < -0.4 is 10.6 Å². The van der Waals surface area contributed by atoms with E-state index in [0.29, 0.717) is 0 Å². The summed E-state index contributed by atoms with van der Waals surface area (Å²) in [5.41, 5.74) is 5.13. The van der Waals surface area contributed by atoms with Crippen molar-refractivity contribution < 1.29 is 4.79 Å². The van der Waals surface area contributed by atoms with Crippen molar-refractivity contribution in [3.8, 4) is 11.3 Å². The maximum Gasteiger partial charge on any atom is 0.227 e. The van der Waals surface area contributed by atoms with Gasteiger partial charge < -0.3 is 10.6 Å². The predicted molar refractivity (Wildman–Crippen MR) is 120 cm³/mol. The van der Waals surface area contributed by atoms with Gasteiger partial charge in [-0.1, -0.05) is 49.6 Å². The summed E-state index contributed by atoms with van der Waals surface area (Å²) in [6.45, 7) is 1.60. The lowest BCUT2D eigenvalue weighted by atomic mass is 9.88. The van der Waals surface area contributed by atoms with Gasteiger partial charge in [-0.15, -0.1) is 0 Å². The van der Waals surface area contributed by atoms with Crippen molar-refractivity contribution in [1.82, 2.24) is 15.3 Å². The second kappa shape index (κ2) is 10.1. The molecule has 154 valence electrons. The molecule has 1 aliphatic rings. The Morgan fingerprint density at radius 1 is 0.900 bits per heavy atom. The van der Waals surface area contributed by atoms with Crippen molar-refractivity contribution in [1.29, 1.82) is 0 Å². The fourth-order valence-corrected chi connectivity index (χ4v) is 3.89. The maximum absolute atomic E-state index is 12.4. The highest BCUT2D eigenvalue weighted by Gasteiger charge is 2.21. The van der Waals surface area contributed by atoms with Crippen LogP contribution in [0.5, 0.6) is 0 Å². The summed E-state index contributed by atoms with van der Waals surface area (Å²) < 4.78 is 0. The van der Waals surface area contributed by atoms with Gasteiger partial charge in [0.2, 0.25) is 5.91 Å². The number of carbonyl (C=O) groups excluding carboxylic acids is 1. The number of aromatic nitrogens is 2. The van der Waals surface area contributed by atoms with Gasteiger partial charge >= 0.3 is 0 Å². The smallest absolute Gasteiger partial charge is 0.227 e. The number of nitrogens with one attached hydrogen (secondary N) is 2. The van der Waals surface area contributed by atoms with E-state index in [9.17, 15) is 4.79 Å². The molecule has 4 rings (SSSR count). The van der Waals surface area contributed by atoms with Gasteiger partial charge in [-0.25, -0.2) is 0 Å². The largest absolute Gasteiger partial charge is 0.324 e. The van der Waals surface area contributed by atoms with Gasteiger partial charge in [0.15, 0.2) is 0 Å². The highest BCUT2D eigenvalue weighted by Crippen LogP contribution is 2.25. The molecule has 0 spiro atoms. The third kappa shape index (κ3) is 5.51. The van der Waals surface area contributed by atoms with Crippen molar-refractivity contribution in [2.45, 2.75) is 45.2 Å². The second-order valence-corrected chi connectivity index (χ2v) is 7.92. The lowest BCUT2D eigenvalue weighted by molar-refractivity contribution is -0.120. The molecule has 30 heavy (non-hydrogen) atoms. The van der Waals surface area contributed by atoms with Gasteiger partial charge in [-0.3, -0.25) is 14.8 Å². The highest BCUT2D eigenvalue weighted by atomic mass is 16.1. The number of nitrogens with zero attached hydrogens (tertiary/aromatic N) is 2. The van der Waals surface area contributed by atoms with E-state index in [0.717, 1.165) is 55.7 Å². The molecular formula is C25H28N4O. The molecule has 1 aliphatic carbocycles. The van der Waals surface area contributed by atoms with Crippen LogP contribution in [0.25, 0.3) is 11.3 Å². The van der Waals surface area contributed by atoms with Crippen LogP contribution in [-0.4, -0.2) is 15.9 Å². The number of hydrogen-bond donors (Lipinski definition) is 2. The minimum atomic E-state index is 0.132. The Hall–Kier alpha value is -3.05. The van der Waals surface area contributed by atoms with Crippen LogP contribution in [0.4, 0.5) is 5.69 Å². The summed E-state index contributed by atoms with van der Waals surface area (Å²) in [4.78, 5) is 21.1. The molecule has 1 saturated carbocycles. The maximum atomic E-state index is 12.4. The van der Waals surface area contributed by atoms with Gasteiger partial charge in [0.05, 0.1) is 17.6 Å². The summed E-state index contributed by atoms with van der Waals surface area (Å²) in [6, 6.07) is 16.3. The molecule has 1 aromatic carbocycles. The summed E-state index contributed by atoms with van der Waals surface area (Å²) in [6.07, 6.45) is 11.0. The monoisotopic (exact) mass is 400 g/mol. The van der Waals surface area contributed by atoms with E-state index >= 15 is 0 Å². The zero-order valence-electron chi connectivity index (χ0n) is 17.2. The summed E-state index contributed by atoms with van der Waals surface area (Å²) in [5.74, 6) is 0.283. The molecule has 0 aliphatic heterocycles. The van der Waals surface area contributed by atoms with E-state index in [-0.39, 0.29) is 11.8 Å². The number of rotatable bonds is 7. The second-order valence-electron chi connectivity index (χ2n) is 7.92. The van der Waals surface area contributed by atoms with E-state index in [1.807, 2.05) is 24.4 Å². The molecule has 0 atom stereocenters. The molecule has 5 heteroatoms. The summed E-state index contributed by atoms with van der Waals surface area (Å²) in [5, 5.41) is 6.46. The first-order valence-electron chi connectivity index (χ1n) is 10.7. The third-order valence-electron chi connectivity index (χ3n) is 5.64. The predicted octanol–water partition coefficient (Wildman–Crippen LogP) is 4.95. The Morgan fingerprint density at radius 2 is 1.70 bits per heavy atom. The number of amides is 1. The van der Waals surface area contributed by atoms with Crippen LogP contribution in [-0.2, 0) is 17.9 Å². The van der Waals surface area contributed by atoms with Crippen LogP contribution >= 0.6 is 0 Å². The number of pyridine rings is 2. The number of benzene rings is 1. The van der Waals surface area contributed by atoms with E-state index < -0.39 is 0 Å². The standard InChI is InChI=1S/C25H28N4O/c30-25(22-6-2-1-3-7-22)29-23-12-13-24(28-18-23)21-10-8-19(9-11-21)15-27-17-20-5-4-14-26-16-20/h4-5,8-14,16,18,22,27H,1-3,6-7,15,17H2,(H,29,30). The first kappa shape index (κ1) is 20.2. The van der Waals surface area contributed by atoms with Crippen molar-refractivity contribution in [2.24, 2.45) is 5.92 Å². The van der Waals surface area contributed by atoms with Crippen LogP contribution in [0, 0.1) is 5.92 Å². The van der Waals surface area contributed by atoms with E-state index in [4.69, 9.17) is 0 Å². The number of hydrogen-bond acceptors (Lipinski definition) is 4. The van der Waals surface area contributed by atoms with Gasteiger partial charge in [0.1, 0.15) is 0 Å². The minimum Gasteiger partial charge on any atom is -0.324 e. The molecule has 0 radical (unpaired) electrons. The molecule has 0 saturated heterocycles. The van der Waals surface area contributed by atoms with E-state index in [2.05, 4.69) is 50.9 Å². The molecule has 2 N–H and O–H groups in total. The van der Waals surface area contributed by atoms with Gasteiger partial charge in [-0.2, -0.15) is 0 Å². The number of carbonyl (C=O) groups is 1. The lowest BCUT2D eigenvalue weighted by Crippen LogP contribution is -2.24. The Morgan fingerprint density at radius 3 is 2.40 bits per heavy atom. The molecule has 0 unspecified atom stereocenters. The highest BCUT2D eigenvalue weighted by molar-refractivity contribution is 5.92. The molecular weight excluding hydrogens is 372 g/mol. The zero-order valence-corrected chi connectivity index (χ0v) is 17.2. The van der Waals surface area contributed by atoms with Crippen LogP contribution in [0.1, 0.15) is 43.2 Å². The molecule has 2 heterocycles. The molecule has 2 aromatic heterocycles. The van der Waals surface area contributed by atoms with Gasteiger partial charge in [0, 0.05) is 37.0 Å². The van der Waals surface area contributed by atoms with Crippen molar-refractivity contribution in [3.63, 3.8) is 0 Å². The average molecular weight is 401 g/mol. The number of anilines is 1. The lowest BCUT2D eigenvalue weighted by Gasteiger charge is -2.20. The third-order valence-corrected chi connectivity index (χ3v) is 5.64. The Balaban J connectivity index is 1.30. The first-order chi connectivity index (χ1) is 14.8. The molecule has 5 nitrogen and oxygen atoms in total. The van der Waals surface area contributed by atoms with Gasteiger partial charge in [-0.05, 0) is 42.2 Å². The molecule has 1 fully saturated rings. The average Bonchev–Trinajstić information content (AvgIpc) is 2.81. The Labute approximate surface area is 178 Å². The SMILES string of the molecule is O=C(Nc1ccc(-c2ccc(CNCc3cccnc3)cc2)nc1)C1CCCCC1. The van der Waals surface area contributed by atoms with E-state index in [1.54, 1.807) is 12.4 Å². The van der Waals surface area contributed by atoms with Crippen molar-refractivity contribution >= 4 is 11.6 Å². The Bertz CT molecular complexity index is 933. The van der Waals surface area contributed by atoms with E-state index in [1.165, 1.54) is 17.5 Å². The van der Waals surface area contributed by atoms with Crippen LogP contribution in [0.15, 0.2) is 67.1 Å². The van der Waals surface area contributed by atoms with Crippen LogP contribution in [0.3, 0.4) is 0 Å². The fraction of sp³-hybridized carbons (Fsp3) is 0.320. The Kier molecular flexibility index (Phi) is 6.83. The molecule has 3 aromatic rings. The summed E-state index contributed by atoms with van der Waals surface area (Å²) in [7, 11) is 0. The van der Waals surface area contributed by atoms with Crippen molar-refractivity contribution in [3.05, 3.63) is 78.2 Å². The fourth-order valence-electron chi connectivity index (χ4n) is 3.89.